The lowest BCUT2D eigenvalue weighted by molar-refractivity contribution is -0.139. The summed E-state index contributed by atoms with van der Waals surface area (Å²) >= 11 is 4.51. The predicted octanol–water partition coefficient (Wildman–Crippen LogP) is 2.36. The fourth-order valence-electron chi connectivity index (χ4n) is 3.05. The Morgan fingerprint density at radius 3 is 2.56 bits per heavy atom. The number of rotatable bonds is 1. The molecule has 1 atom stereocenters. The molecule has 2 heterocycles. The lowest BCUT2D eigenvalue weighted by Crippen LogP contribution is -2.50. The summed E-state index contributed by atoms with van der Waals surface area (Å²) in [4.78, 5) is 37.4. The summed E-state index contributed by atoms with van der Waals surface area (Å²) in [6, 6.07) is 5.44. The number of amides is 3. The molecule has 7 nitrogen and oxygen atoms in total. The molecule has 3 amide bonds. The Bertz CT molecular complexity index is 826. The van der Waals surface area contributed by atoms with E-state index in [4.69, 9.17) is 0 Å². The van der Waals surface area contributed by atoms with E-state index in [-0.39, 0.29) is 28.9 Å². The fraction of sp³-hybridized carbons (Fsp3) is 0.375. The van der Waals surface area contributed by atoms with Crippen molar-refractivity contribution in [3.05, 3.63) is 28.2 Å². The summed E-state index contributed by atoms with van der Waals surface area (Å²) in [6.07, 6.45) is 0. The number of thioether (sulfide) groups is 1. The number of carbonyl (C=O) groups is 3. The summed E-state index contributed by atoms with van der Waals surface area (Å²) in [5.74, 6) is -0.940. The zero-order valence-corrected chi connectivity index (χ0v) is 16.6. The molecular weight excluding hydrogens is 408 g/mol. The van der Waals surface area contributed by atoms with Crippen LogP contribution in [0.2, 0.25) is 0 Å². The maximum absolute atomic E-state index is 13.4. The van der Waals surface area contributed by atoms with Crippen LogP contribution in [-0.4, -0.2) is 33.9 Å². The third kappa shape index (κ3) is 2.65. The molecule has 2 aliphatic heterocycles. The SMILES string of the molecule is CC(=O)NC1=NN(C(C)=O)[C@@]2(S1)C(=O)N(C(C)C)c1ccc(Br)cc12. The third-order valence-electron chi connectivity index (χ3n) is 3.92. The molecule has 0 radical (unpaired) electrons. The van der Waals surface area contributed by atoms with Crippen molar-refractivity contribution in [2.75, 3.05) is 4.90 Å². The highest BCUT2D eigenvalue weighted by Gasteiger charge is 2.61. The molecule has 132 valence electrons. The zero-order valence-electron chi connectivity index (χ0n) is 14.2. The molecular formula is C16H17BrN4O3S. The molecule has 0 saturated carbocycles. The number of hydrazone groups is 1. The second kappa shape index (κ2) is 6.14. The minimum absolute atomic E-state index is 0.0916. The Balaban J connectivity index is 2.21. The minimum atomic E-state index is -1.34. The topological polar surface area (TPSA) is 82.1 Å². The van der Waals surface area contributed by atoms with Crippen LogP contribution in [-0.2, 0) is 19.3 Å². The Kier molecular flexibility index (Phi) is 4.40. The Morgan fingerprint density at radius 2 is 2.00 bits per heavy atom. The van der Waals surface area contributed by atoms with Gasteiger partial charge in [-0.3, -0.25) is 14.4 Å². The van der Waals surface area contributed by atoms with E-state index >= 15 is 0 Å². The van der Waals surface area contributed by atoms with E-state index in [0.29, 0.717) is 5.56 Å². The van der Waals surface area contributed by atoms with Crippen LogP contribution in [0.4, 0.5) is 5.69 Å². The number of halogens is 1. The molecule has 1 aromatic carbocycles. The maximum Gasteiger partial charge on any atom is 0.271 e. The van der Waals surface area contributed by atoms with Gasteiger partial charge in [-0.1, -0.05) is 15.9 Å². The Hall–Kier alpha value is -1.87. The number of amidine groups is 1. The lowest BCUT2D eigenvalue weighted by Gasteiger charge is -2.30. The van der Waals surface area contributed by atoms with E-state index in [1.54, 1.807) is 4.90 Å². The van der Waals surface area contributed by atoms with Gasteiger partial charge >= 0.3 is 0 Å². The first-order valence-corrected chi connectivity index (χ1v) is 9.29. The predicted molar refractivity (Wildman–Crippen MR) is 99.8 cm³/mol. The zero-order chi connectivity index (χ0) is 18.5. The molecule has 1 spiro atoms. The highest BCUT2D eigenvalue weighted by molar-refractivity contribution is 9.10. The van der Waals surface area contributed by atoms with Crippen molar-refractivity contribution in [3.63, 3.8) is 0 Å². The third-order valence-corrected chi connectivity index (χ3v) is 5.66. The van der Waals surface area contributed by atoms with Crippen molar-refractivity contribution in [2.45, 2.75) is 38.6 Å². The molecule has 0 bridgehead atoms. The van der Waals surface area contributed by atoms with Gasteiger partial charge in [0.05, 0.1) is 5.69 Å². The number of hydrogen-bond acceptors (Lipinski definition) is 5. The molecule has 0 aromatic heterocycles. The number of hydrogen-bond donors (Lipinski definition) is 1. The van der Waals surface area contributed by atoms with Crippen molar-refractivity contribution < 1.29 is 14.4 Å². The normalized spacial score (nSPS) is 21.8. The molecule has 0 unspecified atom stereocenters. The molecule has 0 fully saturated rings. The van der Waals surface area contributed by atoms with Crippen LogP contribution < -0.4 is 10.2 Å². The van der Waals surface area contributed by atoms with Crippen LogP contribution in [0.1, 0.15) is 33.3 Å². The summed E-state index contributed by atoms with van der Waals surface area (Å²) in [7, 11) is 0. The molecule has 1 aromatic rings. The Morgan fingerprint density at radius 1 is 1.32 bits per heavy atom. The van der Waals surface area contributed by atoms with Crippen molar-refractivity contribution in [1.82, 2.24) is 10.3 Å². The van der Waals surface area contributed by atoms with E-state index in [1.165, 1.54) is 18.9 Å². The van der Waals surface area contributed by atoms with Gasteiger partial charge in [-0.25, -0.2) is 0 Å². The van der Waals surface area contributed by atoms with Crippen molar-refractivity contribution >= 4 is 56.3 Å². The van der Waals surface area contributed by atoms with E-state index in [9.17, 15) is 14.4 Å². The van der Waals surface area contributed by atoms with Crippen LogP contribution in [0.3, 0.4) is 0 Å². The monoisotopic (exact) mass is 424 g/mol. The summed E-state index contributed by atoms with van der Waals surface area (Å²) in [6.45, 7) is 6.53. The number of anilines is 1. The number of carbonyl (C=O) groups excluding carboxylic acids is 3. The van der Waals surface area contributed by atoms with E-state index < -0.39 is 4.87 Å². The minimum Gasteiger partial charge on any atom is -0.306 e. The first-order valence-electron chi connectivity index (χ1n) is 7.68. The number of nitrogens with one attached hydrogen (secondary N) is 1. The van der Waals surface area contributed by atoms with Gasteiger partial charge in [0.2, 0.25) is 16.7 Å². The smallest absolute Gasteiger partial charge is 0.271 e. The van der Waals surface area contributed by atoms with Crippen LogP contribution in [0.15, 0.2) is 27.8 Å². The van der Waals surface area contributed by atoms with E-state index in [0.717, 1.165) is 21.9 Å². The summed E-state index contributed by atoms with van der Waals surface area (Å²) in [5.41, 5.74) is 1.41. The Labute approximate surface area is 157 Å². The van der Waals surface area contributed by atoms with Gasteiger partial charge in [0, 0.05) is 29.9 Å². The highest BCUT2D eigenvalue weighted by atomic mass is 79.9. The summed E-state index contributed by atoms with van der Waals surface area (Å²) in [5, 5.41) is 8.18. The first-order chi connectivity index (χ1) is 11.7. The van der Waals surface area contributed by atoms with Crippen LogP contribution in [0, 0.1) is 0 Å². The van der Waals surface area contributed by atoms with E-state index in [1.807, 2.05) is 32.0 Å². The van der Waals surface area contributed by atoms with Crippen LogP contribution >= 0.6 is 27.7 Å². The molecule has 0 saturated heterocycles. The second-order valence-electron chi connectivity index (χ2n) is 6.09. The number of nitrogens with zero attached hydrogens (tertiary/aromatic N) is 3. The van der Waals surface area contributed by atoms with E-state index in [2.05, 4.69) is 26.3 Å². The second-order valence-corrected chi connectivity index (χ2v) is 8.19. The van der Waals surface area contributed by atoms with Gasteiger partial charge in [-0.2, -0.15) is 5.01 Å². The lowest BCUT2D eigenvalue weighted by atomic mass is 10.1. The van der Waals surface area contributed by atoms with Gasteiger partial charge in [0.15, 0.2) is 5.17 Å². The molecule has 3 rings (SSSR count). The molecule has 1 N–H and O–H groups in total. The fourth-order valence-corrected chi connectivity index (χ4v) is 4.72. The van der Waals surface area contributed by atoms with Gasteiger partial charge in [0.1, 0.15) is 0 Å². The van der Waals surface area contributed by atoms with Crippen molar-refractivity contribution in [2.24, 2.45) is 5.10 Å². The van der Waals surface area contributed by atoms with Gasteiger partial charge in [-0.15, -0.1) is 5.10 Å². The molecule has 9 heteroatoms. The average molecular weight is 425 g/mol. The van der Waals surface area contributed by atoms with Gasteiger partial charge in [0.25, 0.3) is 5.91 Å². The molecule has 0 aliphatic carbocycles. The average Bonchev–Trinajstić information content (AvgIpc) is 2.98. The number of benzene rings is 1. The van der Waals surface area contributed by atoms with Gasteiger partial charge < -0.3 is 10.2 Å². The quantitative estimate of drug-likeness (QED) is 0.749. The van der Waals surface area contributed by atoms with Crippen molar-refractivity contribution in [3.8, 4) is 0 Å². The maximum atomic E-state index is 13.4. The standard InChI is InChI=1S/C16H17BrN4O3S/c1-8(2)20-13-6-5-11(17)7-12(13)16(14(20)24)21(10(4)23)19-15(25-16)18-9(3)22/h5-8H,1-4H3,(H,18,19,22)/t16-/m0/s1. The largest absolute Gasteiger partial charge is 0.306 e. The first kappa shape index (κ1) is 17.9. The number of fused-ring (bicyclic) bond motifs is 2. The van der Waals surface area contributed by atoms with Crippen molar-refractivity contribution in [1.29, 1.82) is 0 Å². The van der Waals surface area contributed by atoms with Crippen LogP contribution in [0.25, 0.3) is 0 Å². The van der Waals surface area contributed by atoms with Gasteiger partial charge in [-0.05, 0) is 43.8 Å². The highest BCUT2D eigenvalue weighted by Crippen LogP contribution is 2.55. The molecule has 2 aliphatic rings. The van der Waals surface area contributed by atoms with Crippen LogP contribution in [0.5, 0.6) is 0 Å². The summed E-state index contributed by atoms with van der Waals surface area (Å²) < 4.78 is 0.793. The molecule has 25 heavy (non-hydrogen) atoms.